The van der Waals surface area contributed by atoms with Gasteiger partial charge in [0.15, 0.2) is 0 Å². The summed E-state index contributed by atoms with van der Waals surface area (Å²) in [6, 6.07) is 17.9. The Morgan fingerprint density at radius 3 is 2.47 bits per heavy atom. The highest BCUT2D eigenvalue weighted by atomic mass is 16.7. The maximum Gasteiger partial charge on any atom is 0.258 e. The van der Waals surface area contributed by atoms with Gasteiger partial charge in [0.2, 0.25) is 0 Å². The van der Waals surface area contributed by atoms with Gasteiger partial charge in [0, 0.05) is 0 Å². The molecule has 3 rings (SSSR count). The zero-order chi connectivity index (χ0) is 13.2. The molecule has 1 aliphatic rings. The number of hydroxylamine groups is 1. The Bertz CT molecular complexity index is 595. The molecular formula is C16H15NO2. The highest BCUT2D eigenvalue weighted by Crippen LogP contribution is 2.38. The smallest absolute Gasteiger partial charge is 0.258 e. The monoisotopic (exact) mass is 253 g/mol. The molecule has 0 saturated heterocycles. The van der Waals surface area contributed by atoms with Crippen LogP contribution in [0, 0.1) is 0 Å². The third-order valence-corrected chi connectivity index (χ3v) is 3.49. The average Bonchev–Trinajstić information content (AvgIpc) is 2.73. The molecule has 2 aromatic rings. The molecule has 3 nitrogen and oxygen atoms in total. The van der Waals surface area contributed by atoms with Gasteiger partial charge < -0.3 is 0 Å². The number of fused-ring (bicyclic) bond motifs is 1. The number of carbonyl (C=O) groups excluding carboxylic acids is 1. The highest BCUT2D eigenvalue weighted by molar-refractivity contribution is 6.03. The third-order valence-electron chi connectivity index (χ3n) is 3.49. The van der Waals surface area contributed by atoms with Crippen molar-refractivity contribution in [2.24, 2.45) is 0 Å². The fraction of sp³-hybridized carbons (Fsp3) is 0.188. The molecule has 0 aliphatic carbocycles. The summed E-state index contributed by atoms with van der Waals surface area (Å²) >= 11 is 0. The van der Waals surface area contributed by atoms with Gasteiger partial charge in [-0.05, 0) is 23.6 Å². The van der Waals surface area contributed by atoms with Crippen molar-refractivity contribution in [1.82, 2.24) is 0 Å². The Morgan fingerprint density at radius 1 is 1.05 bits per heavy atom. The van der Waals surface area contributed by atoms with Gasteiger partial charge in [0.05, 0.1) is 18.7 Å². The van der Waals surface area contributed by atoms with Crippen LogP contribution in [0.15, 0.2) is 54.6 Å². The van der Waals surface area contributed by atoms with E-state index in [0.29, 0.717) is 6.42 Å². The van der Waals surface area contributed by atoms with E-state index in [9.17, 15) is 4.79 Å². The lowest BCUT2D eigenvalue weighted by molar-refractivity contribution is -0.125. The van der Waals surface area contributed by atoms with E-state index in [-0.39, 0.29) is 11.8 Å². The van der Waals surface area contributed by atoms with Crippen LogP contribution in [-0.4, -0.2) is 13.0 Å². The van der Waals surface area contributed by atoms with Gasteiger partial charge in [0.1, 0.15) is 0 Å². The van der Waals surface area contributed by atoms with Crippen LogP contribution in [0.25, 0.3) is 0 Å². The summed E-state index contributed by atoms with van der Waals surface area (Å²) < 4.78 is 0. The van der Waals surface area contributed by atoms with Crippen LogP contribution in [-0.2, 0) is 16.1 Å². The number of benzene rings is 2. The fourth-order valence-electron chi connectivity index (χ4n) is 2.60. The molecule has 0 saturated carbocycles. The van der Waals surface area contributed by atoms with Crippen LogP contribution in [0.1, 0.15) is 17.0 Å². The van der Waals surface area contributed by atoms with Crippen LogP contribution in [0.4, 0.5) is 5.69 Å². The van der Waals surface area contributed by atoms with Crippen molar-refractivity contribution in [3.63, 3.8) is 0 Å². The normalized spacial score (nSPS) is 17.6. The maximum atomic E-state index is 12.4. The molecule has 1 atom stereocenters. The van der Waals surface area contributed by atoms with Gasteiger partial charge in [-0.3, -0.25) is 9.63 Å². The molecule has 3 heteroatoms. The summed E-state index contributed by atoms with van der Waals surface area (Å²) in [5.74, 6) is -0.147. The van der Waals surface area contributed by atoms with E-state index in [1.807, 2.05) is 54.6 Å². The fourth-order valence-corrected chi connectivity index (χ4v) is 2.60. The van der Waals surface area contributed by atoms with Crippen LogP contribution in [0.3, 0.4) is 0 Å². The molecule has 0 radical (unpaired) electrons. The van der Waals surface area contributed by atoms with E-state index >= 15 is 0 Å². The molecule has 2 aromatic carbocycles. The number of para-hydroxylation sites is 1. The van der Waals surface area contributed by atoms with Gasteiger partial charge in [-0.2, -0.15) is 5.06 Å². The first-order chi connectivity index (χ1) is 9.31. The standard InChI is InChI=1S/C16H15NO2/c1-19-17-15-10-6-5-9-13(15)14(16(17)18)11-12-7-3-2-4-8-12/h2-10,14H,11H2,1H3. The summed E-state index contributed by atoms with van der Waals surface area (Å²) in [5.41, 5.74) is 3.06. The molecule has 19 heavy (non-hydrogen) atoms. The number of hydrogen-bond donors (Lipinski definition) is 0. The van der Waals surface area contributed by atoms with Crippen LogP contribution >= 0.6 is 0 Å². The van der Waals surface area contributed by atoms with Gasteiger partial charge >= 0.3 is 0 Å². The van der Waals surface area contributed by atoms with E-state index in [1.165, 1.54) is 12.2 Å². The summed E-state index contributed by atoms with van der Waals surface area (Å²) in [6.07, 6.45) is 0.705. The molecule has 1 unspecified atom stereocenters. The number of hydrogen-bond acceptors (Lipinski definition) is 2. The van der Waals surface area contributed by atoms with E-state index in [1.54, 1.807) is 0 Å². The lowest BCUT2D eigenvalue weighted by atomic mass is 9.93. The zero-order valence-electron chi connectivity index (χ0n) is 10.7. The van der Waals surface area contributed by atoms with Gasteiger partial charge in [-0.15, -0.1) is 0 Å². The minimum Gasteiger partial charge on any atom is -0.271 e. The number of amides is 1. The third kappa shape index (κ3) is 2.02. The summed E-state index contributed by atoms with van der Waals surface area (Å²) in [4.78, 5) is 17.6. The first-order valence-corrected chi connectivity index (χ1v) is 6.32. The second-order valence-electron chi connectivity index (χ2n) is 4.62. The molecule has 1 amide bonds. The molecule has 96 valence electrons. The van der Waals surface area contributed by atoms with Crippen molar-refractivity contribution >= 4 is 11.6 Å². The second-order valence-corrected chi connectivity index (χ2v) is 4.62. The molecule has 1 aliphatic heterocycles. The van der Waals surface area contributed by atoms with Crippen molar-refractivity contribution < 1.29 is 9.63 Å². The lowest BCUT2D eigenvalue weighted by Gasteiger charge is -2.14. The maximum absolute atomic E-state index is 12.4. The summed E-state index contributed by atoms with van der Waals surface area (Å²) in [5, 5.41) is 1.39. The van der Waals surface area contributed by atoms with Gasteiger partial charge in [-0.25, -0.2) is 0 Å². The first-order valence-electron chi connectivity index (χ1n) is 6.32. The van der Waals surface area contributed by atoms with Gasteiger partial charge in [0.25, 0.3) is 5.91 Å². The highest BCUT2D eigenvalue weighted by Gasteiger charge is 2.37. The summed E-state index contributed by atoms with van der Waals surface area (Å²) in [7, 11) is 1.53. The molecule has 0 spiro atoms. The molecule has 0 fully saturated rings. The van der Waals surface area contributed by atoms with E-state index in [4.69, 9.17) is 4.84 Å². The Hall–Kier alpha value is -2.13. The number of anilines is 1. The second kappa shape index (κ2) is 4.86. The SMILES string of the molecule is CON1C(=O)C(Cc2ccccc2)c2ccccc21. The Labute approximate surface area is 112 Å². The molecule has 1 heterocycles. The van der Waals surface area contributed by atoms with Crippen molar-refractivity contribution in [1.29, 1.82) is 0 Å². The largest absolute Gasteiger partial charge is 0.271 e. The molecule has 0 N–H and O–H groups in total. The lowest BCUT2D eigenvalue weighted by Crippen LogP contribution is -2.28. The Balaban J connectivity index is 1.96. The molecule has 0 bridgehead atoms. The predicted molar refractivity (Wildman–Crippen MR) is 73.8 cm³/mol. The number of nitrogens with zero attached hydrogens (tertiary/aromatic N) is 1. The topological polar surface area (TPSA) is 29.5 Å². The van der Waals surface area contributed by atoms with E-state index < -0.39 is 0 Å². The van der Waals surface area contributed by atoms with Crippen LogP contribution < -0.4 is 5.06 Å². The summed E-state index contributed by atoms with van der Waals surface area (Å²) in [6.45, 7) is 0. The van der Waals surface area contributed by atoms with E-state index in [2.05, 4.69) is 0 Å². The van der Waals surface area contributed by atoms with Crippen molar-refractivity contribution in [2.45, 2.75) is 12.3 Å². The van der Waals surface area contributed by atoms with Gasteiger partial charge in [-0.1, -0.05) is 48.5 Å². The Kier molecular flexibility index (Phi) is 3.05. The minimum atomic E-state index is -0.154. The number of rotatable bonds is 3. The Morgan fingerprint density at radius 2 is 1.74 bits per heavy atom. The average molecular weight is 253 g/mol. The first kappa shape index (κ1) is 11.9. The van der Waals surface area contributed by atoms with Crippen molar-refractivity contribution in [3.8, 4) is 0 Å². The zero-order valence-corrected chi connectivity index (χ0v) is 10.7. The quantitative estimate of drug-likeness (QED) is 0.841. The number of carbonyl (C=O) groups is 1. The minimum absolute atomic E-state index is 0.00699. The predicted octanol–water partition coefficient (Wildman–Crippen LogP) is 2.92. The molecular weight excluding hydrogens is 238 g/mol. The molecule has 0 aromatic heterocycles. The van der Waals surface area contributed by atoms with Crippen molar-refractivity contribution in [2.75, 3.05) is 12.2 Å². The van der Waals surface area contributed by atoms with Crippen molar-refractivity contribution in [3.05, 3.63) is 65.7 Å². The van der Waals surface area contributed by atoms with Crippen LogP contribution in [0.2, 0.25) is 0 Å². The van der Waals surface area contributed by atoms with Crippen LogP contribution in [0.5, 0.6) is 0 Å². The van der Waals surface area contributed by atoms with E-state index in [0.717, 1.165) is 16.8 Å².